The lowest BCUT2D eigenvalue weighted by atomic mass is 9.84. The number of nitrogens with zero attached hydrogens (tertiary/aromatic N) is 4. The third kappa shape index (κ3) is 11.1. The molecule has 6 heterocycles. The van der Waals surface area contributed by atoms with Crippen LogP contribution < -0.4 is 20.1 Å². The number of fused-ring (bicyclic) bond motifs is 2. The van der Waals surface area contributed by atoms with Gasteiger partial charge in [-0.05, 0) is 88.3 Å². The molecule has 5 aliphatic rings. The van der Waals surface area contributed by atoms with Gasteiger partial charge in [0.1, 0.15) is 41.2 Å². The van der Waals surface area contributed by atoms with Gasteiger partial charge >= 0.3 is 35.5 Å². The molecule has 0 spiro atoms. The number of oxime groups is 1. The second-order valence-corrected chi connectivity index (χ2v) is 23.8. The number of esters is 3. The summed E-state index contributed by atoms with van der Waals surface area (Å²) in [4.78, 5) is 130. The maximum Gasteiger partial charge on any atom is 0.413 e. The van der Waals surface area contributed by atoms with Crippen LogP contribution in [-0.2, 0) is 63.1 Å². The summed E-state index contributed by atoms with van der Waals surface area (Å²) in [5.74, 6) is -8.75. The summed E-state index contributed by atoms with van der Waals surface area (Å²) in [6, 6.07) is 17.3. The first-order chi connectivity index (χ1) is 36.9. The predicted octanol–water partition coefficient (Wildman–Crippen LogP) is 6.46. The van der Waals surface area contributed by atoms with E-state index in [1.807, 2.05) is 60.7 Å². The van der Waals surface area contributed by atoms with Crippen molar-refractivity contribution >= 4 is 69.8 Å². The van der Waals surface area contributed by atoms with Crippen LogP contribution >= 0.6 is 11.3 Å². The van der Waals surface area contributed by atoms with Gasteiger partial charge in [-0.1, -0.05) is 65.8 Å². The maximum atomic E-state index is 14.7. The van der Waals surface area contributed by atoms with Crippen molar-refractivity contribution in [3.8, 4) is 11.5 Å². The molecule has 5 aliphatic heterocycles. The zero-order valence-corrected chi connectivity index (χ0v) is 46.1. The van der Waals surface area contributed by atoms with Gasteiger partial charge < -0.3 is 43.3 Å². The zero-order chi connectivity index (χ0) is 57.3. The number of rotatable bonds is 12. The lowest BCUT2D eigenvalue weighted by molar-refractivity contribution is -0.263. The number of aromatic nitrogens is 1. The molecule has 23 nitrogen and oxygen atoms in total. The van der Waals surface area contributed by atoms with E-state index in [-0.39, 0.29) is 52.9 Å². The number of cyclic esters (lactones) is 1. The molecule has 2 N–H and O–H groups in total. The van der Waals surface area contributed by atoms with E-state index in [1.54, 1.807) is 55.4 Å². The largest absolute Gasteiger partial charge is 0.457 e. The van der Waals surface area contributed by atoms with Gasteiger partial charge in [0.05, 0.1) is 29.8 Å². The maximum absolute atomic E-state index is 14.7. The van der Waals surface area contributed by atoms with Crippen molar-refractivity contribution in [2.75, 3.05) is 18.5 Å². The fourth-order valence-corrected chi connectivity index (χ4v) is 10.1. The SMILES string of the molecule is CC(C)(C)OC(=O)Nc1nc(/C(=N/OC2(C(=O)OC(C)(C)C)CCOC(C)(C)C2)C(=O)N[C@H]2CON(C3(C(=O)OC(C)(C)C)C[C@H](N4C(=O)c5cc6c(cc5C4=O)OC(c4ccccc4)(c4ccccc4)O6)C(=O)O3)C2=O)cs1. The van der Waals surface area contributed by atoms with Gasteiger partial charge in [0.25, 0.3) is 23.6 Å². The highest BCUT2D eigenvalue weighted by Gasteiger charge is 2.66. The molecule has 24 heteroatoms. The Morgan fingerprint density at radius 1 is 0.759 bits per heavy atom. The Morgan fingerprint density at radius 3 is 1.86 bits per heavy atom. The molecule has 0 radical (unpaired) electrons. The summed E-state index contributed by atoms with van der Waals surface area (Å²) in [5, 5.41) is 11.0. The van der Waals surface area contributed by atoms with Crippen molar-refractivity contribution < 1.29 is 81.2 Å². The molecule has 418 valence electrons. The number of benzene rings is 3. The Hall–Kier alpha value is -7.96. The van der Waals surface area contributed by atoms with Gasteiger partial charge in [0.15, 0.2) is 22.3 Å². The van der Waals surface area contributed by atoms with E-state index in [9.17, 15) is 38.4 Å². The van der Waals surface area contributed by atoms with E-state index in [0.717, 1.165) is 11.3 Å². The van der Waals surface area contributed by atoms with Gasteiger partial charge in [-0.25, -0.2) is 24.2 Å². The third-order valence-electron chi connectivity index (χ3n) is 12.7. The molecule has 2 unspecified atom stereocenters. The van der Waals surface area contributed by atoms with Crippen LogP contribution in [0, 0.1) is 0 Å². The van der Waals surface area contributed by atoms with E-state index < -0.39 is 118 Å². The van der Waals surface area contributed by atoms with Crippen LogP contribution in [0.1, 0.15) is 133 Å². The minimum absolute atomic E-state index is 0.0286. The number of imide groups is 1. The molecule has 4 aromatic rings. The lowest BCUT2D eigenvalue weighted by Crippen LogP contribution is -2.59. The van der Waals surface area contributed by atoms with Crippen LogP contribution in [0.15, 0.2) is 83.3 Å². The Kier molecular flexibility index (Phi) is 14.2. The summed E-state index contributed by atoms with van der Waals surface area (Å²) in [6.07, 6.45) is -1.83. The Bertz CT molecular complexity index is 3090. The van der Waals surface area contributed by atoms with E-state index in [1.165, 1.54) is 38.3 Å². The van der Waals surface area contributed by atoms with Gasteiger partial charge in [-0.15, -0.1) is 11.3 Å². The highest BCUT2D eigenvalue weighted by Crippen LogP contribution is 2.50. The number of thiazole rings is 1. The summed E-state index contributed by atoms with van der Waals surface area (Å²) < 4.78 is 41.5. The van der Waals surface area contributed by atoms with Crippen molar-refractivity contribution in [2.45, 2.75) is 147 Å². The van der Waals surface area contributed by atoms with Crippen LogP contribution in [-0.4, -0.2) is 127 Å². The Morgan fingerprint density at radius 2 is 1.32 bits per heavy atom. The molecule has 4 atom stereocenters. The zero-order valence-electron chi connectivity index (χ0n) is 45.3. The number of carbonyl (C=O) groups excluding carboxylic acids is 8. The summed E-state index contributed by atoms with van der Waals surface area (Å²) >= 11 is 0.887. The minimum Gasteiger partial charge on any atom is -0.457 e. The first kappa shape index (κ1) is 55.8. The quantitative estimate of drug-likeness (QED) is 0.0506. The highest BCUT2D eigenvalue weighted by molar-refractivity contribution is 7.14. The molecule has 3 fully saturated rings. The predicted molar refractivity (Wildman–Crippen MR) is 277 cm³/mol. The van der Waals surface area contributed by atoms with Crippen molar-refractivity contribution in [3.05, 3.63) is 106 Å². The molecule has 0 saturated carbocycles. The first-order valence-electron chi connectivity index (χ1n) is 25.3. The van der Waals surface area contributed by atoms with Crippen molar-refractivity contribution in [3.63, 3.8) is 0 Å². The van der Waals surface area contributed by atoms with Crippen LogP contribution in [0.3, 0.4) is 0 Å². The number of carbonyl (C=O) groups is 8. The molecule has 1 aromatic heterocycles. The summed E-state index contributed by atoms with van der Waals surface area (Å²) in [5.41, 5.74) is -8.40. The average Bonchev–Trinajstić information content (AvgIpc) is 4.40. The molecule has 0 aliphatic carbocycles. The normalized spacial score (nSPS) is 23.5. The van der Waals surface area contributed by atoms with Gasteiger partial charge in [0.2, 0.25) is 5.60 Å². The van der Waals surface area contributed by atoms with Gasteiger partial charge in [-0.3, -0.25) is 34.2 Å². The second kappa shape index (κ2) is 20.0. The standard InChI is InChI=1S/C55H60N6O17S/c1-49(2,3)75-45(67)53(22-23-70-52(10,11)29-53)78-59-39(35-28-79-47(57-35)58-48(69)77-51(7,8)9)40(62)56-34-27-71-61(43(34)65)54(46(68)76-50(4,5)6)26-36(44(66)74-54)60-41(63)32-24-37-38(25-33(32)42(60)64)73-55(72-37,30-18-14-12-15-19-30)31-20-16-13-17-21-31/h12-21,24-25,28,34,36H,22-23,26-27,29H2,1-11H3,(H,56,62)(H,57,58,69)/b59-39-/t34-,36-,53?,54?/m0/s1. The summed E-state index contributed by atoms with van der Waals surface area (Å²) in [6.45, 7) is 17.4. The first-order valence-corrected chi connectivity index (χ1v) is 26.2. The molecular weight excluding hydrogens is 1050 g/mol. The molecule has 0 bridgehead atoms. The lowest BCUT2D eigenvalue weighted by Gasteiger charge is -2.41. The molecule has 3 saturated heterocycles. The molecule has 3 aromatic carbocycles. The van der Waals surface area contributed by atoms with Crippen molar-refractivity contribution in [1.29, 1.82) is 0 Å². The van der Waals surface area contributed by atoms with Crippen LogP contribution in [0.25, 0.3) is 0 Å². The van der Waals surface area contributed by atoms with E-state index >= 15 is 0 Å². The summed E-state index contributed by atoms with van der Waals surface area (Å²) in [7, 11) is 0. The fourth-order valence-electron chi connectivity index (χ4n) is 9.45. The van der Waals surface area contributed by atoms with E-state index in [0.29, 0.717) is 21.1 Å². The molecule has 9 rings (SSSR count). The molecule has 79 heavy (non-hydrogen) atoms. The minimum atomic E-state index is -2.77. The number of hydroxylamine groups is 2. The number of hydrogen-bond donors (Lipinski definition) is 2. The topological polar surface area (TPSA) is 275 Å². The molecule has 5 amide bonds. The smallest absolute Gasteiger partial charge is 0.413 e. The van der Waals surface area contributed by atoms with Gasteiger partial charge in [-0.2, -0.15) is 5.06 Å². The number of anilines is 1. The number of nitrogens with one attached hydrogen (secondary N) is 2. The molecular formula is C55H60N6O17S. The second-order valence-electron chi connectivity index (χ2n) is 23.0. The van der Waals surface area contributed by atoms with Crippen LogP contribution in [0.5, 0.6) is 11.5 Å². The van der Waals surface area contributed by atoms with E-state index in [4.69, 9.17) is 42.8 Å². The monoisotopic (exact) mass is 1110 g/mol. The number of ether oxygens (including phenoxy) is 7. The van der Waals surface area contributed by atoms with Crippen LogP contribution in [0.4, 0.5) is 9.93 Å². The number of amides is 5. The van der Waals surface area contributed by atoms with Crippen molar-refractivity contribution in [1.82, 2.24) is 20.3 Å². The third-order valence-corrected chi connectivity index (χ3v) is 13.5. The van der Waals surface area contributed by atoms with Gasteiger partial charge in [0, 0.05) is 29.3 Å². The Balaban J connectivity index is 0.994. The highest BCUT2D eigenvalue weighted by atomic mass is 32.1. The van der Waals surface area contributed by atoms with E-state index in [2.05, 4.69) is 20.8 Å². The average molecular weight is 1110 g/mol. The fraction of sp³-hybridized carbons (Fsp3) is 0.455. The Labute approximate surface area is 458 Å². The van der Waals surface area contributed by atoms with Crippen LogP contribution in [0.2, 0.25) is 0 Å². The number of hydrogen-bond acceptors (Lipinski definition) is 20. The van der Waals surface area contributed by atoms with Crippen molar-refractivity contribution in [2.24, 2.45) is 5.16 Å².